The summed E-state index contributed by atoms with van der Waals surface area (Å²) in [7, 11) is 0. The standard InChI is InChI=1S/C32H18Br2N2O/c33-27-13-7-23(8-14-27)11-17-29-25(19-21-35)3-1-5-31(29)37-32-6-2-4-26(20-22-36)30(32)18-12-24-9-15-28(34)16-10-24/h1-10,13-16H,19-20H2. The number of halogens is 2. The molecule has 5 heteroatoms. The third kappa shape index (κ3) is 6.91. The van der Waals surface area contributed by atoms with Gasteiger partial charge in [0.2, 0.25) is 0 Å². The first-order valence-corrected chi connectivity index (χ1v) is 12.9. The number of rotatable bonds is 4. The van der Waals surface area contributed by atoms with Gasteiger partial charge in [0.25, 0.3) is 0 Å². The summed E-state index contributed by atoms with van der Waals surface area (Å²) in [5.41, 5.74) is 4.53. The average molecular weight is 606 g/mol. The zero-order chi connectivity index (χ0) is 26.0. The van der Waals surface area contributed by atoms with E-state index in [0.29, 0.717) is 22.6 Å². The Morgan fingerprint density at radius 1 is 0.541 bits per heavy atom. The average Bonchev–Trinajstić information content (AvgIpc) is 2.90. The van der Waals surface area contributed by atoms with Crippen LogP contribution in [0.1, 0.15) is 33.4 Å². The number of hydrogen-bond acceptors (Lipinski definition) is 3. The van der Waals surface area contributed by atoms with Crippen LogP contribution in [0.2, 0.25) is 0 Å². The van der Waals surface area contributed by atoms with Crippen LogP contribution in [0, 0.1) is 46.3 Å². The quantitative estimate of drug-likeness (QED) is 0.222. The van der Waals surface area contributed by atoms with Crippen LogP contribution in [-0.4, -0.2) is 0 Å². The van der Waals surface area contributed by atoms with E-state index < -0.39 is 0 Å². The predicted molar refractivity (Wildman–Crippen MR) is 152 cm³/mol. The summed E-state index contributed by atoms with van der Waals surface area (Å²) >= 11 is 6.88. The summed E-state index contributed by atoms with van der Waals surface area (Å²) in [6.07, 6.45) is 0.401. The maximum Gasteiger partial charge on any atom is 0.143 e. The maximum atomic E-state index is 9.38. The molecule has 3 nitrogen and oxygen atoms in total. The normalized spacial score (nSPS) is 9.62. The number of nitrogens with zero attached hydrogens (tertiary/aromatic N) is 2. The second-order valence-electron chi connectivity index (χ2n) is 7.87. The van der Waals surface area contributed by atoms with Gasteiger partial charge in [0.05, 0.1) is 36.1 Å². The van der Waals surface area contributed by atoms with Crippen LogP contribution in [0.5, 0.6) is 11.5 Å². The smallest absolute Gasteiger partial charge is 0.143 e. The molecular weight excluding hydrogens is 588 g/mol. The predicted octanol–water partition coefficient (Wildman–Crippen LogP) is 7.94. The van der Waals surface area contributed by atoms with Gasteiger partial charge in [0.15, 0.2) is 0 Å². The van der Waals surface area contributed by atoms with E-state index >= 15 is 0 Å². The molecule has 0 heterocycles. The topological polar surface area (TPSA) is 56.8 Å². The third-order valence-electron chi connectivity index (χ3n) is 5.34. The largest absolute Gasteiger partial charge is 0.455 e. The lowest BCUT2D eigenvalue weighted by atomic mass is 10.0. The van der Waals surface area contributed by atoms with Crippen molar-refractivity contribution in [2.45, 2.75) is 12.8 Å². The first kappa shape index (κ1) is 25.8. The molecule has 0 fully saturated rings. The minimum Gasteiger partial charge on any atom is -0.455 e. The zero-order valence-electron chi connectivity index (χ0n) is 19.6. The Labute approximate surface area is 233 Å². The Kier molecular flexibility index (Phi) is 8.81. The second kappa shape index (κ2) is 12.6. The van der Waals surface area contributed by atoms with Gasteiger partial charge in [0, 0.05) is 20.1 Å². The van der Waals surface area contributed by atoms with E-state index in [2.05, 4.69) is 67.7 Å². The number of benzene rings is 4. The molecule has 0 unspecified atom stereocenters. The van der Waals surface area contributed by atoms with Gasteiger partial charge in [-0.25, -0.2) is 0 Å². The molecule has 0 saturated carbocycles. The van der Waals surface area contributed by atoms with Gasteiger partial charge in [-0.2, -0.15) is 10.5 Å². The molecule has 0 N–H and O–H groups in total. The summed E-state index contributed by atoms with van der Waals surface area (Å²) in [5.74, 6) is 13.8. The highest BCUT2D eigenvalue weighted by atomic mass is 79.9. The SMILES string of the molecule is N#CCc1cccc(Oc2cccc(CC#N)c2C#Cc2ccc(Br)cc2)c1C#Cc1ccc(Br)cc1. The summed E-state index contributed by atoms with van der Waals surface area (Å²) in [6, 6.07) is 30.9. The fourth-order valence-electron chi connectivity index (χ4n) is 3.53. The lowest BCUT2D eigenvalue weighted by molar-refractivity contribution is 0.478. The number of nitriles is 2. The Balaban J connectivity index is 1.78. The molecule has 4 rings (SSSR count). The van der Waals surface area contributed by atoms with E-state index in [4.69, 9.17) is 4.74 Å². The van der Waals surface area contributed by atoms with Crippen LogP contribution in [0.4, 0.5) is 0 Å². The number of hydrogen-bond donors (Lipinski definition) is 0. The summed E-state index contributed by atoms with van der Waals surface area (Å²) in [4.78, 5) is 0. The van der Waals surface area contributed by atoms with Crippen LogP contribution in [-0.2, 0) is 12.8 Å². The Morgan fingerprint density at radius 2 is 0.946 bits per heavy atom. The van der Waals surface area contributed by atoms with Crippen LogP contribution in [0.15, 0.2) is 93.9 Å². The van der Waals surface area contributed by atoms with Gasteiger partial charge in [-0.15, -0.1) is 0 Å². The Bertz CT molecular complexity index is 1510. The molecule has 37 heavy (non-hydrogen) atoms. The van der Waals surface area contributed by atoms with E-state index in [1.807, 2.05) is 84.9 Å². The van der Waals surface area contributed by atoms with Crippen LogP contribution < -0.4 is 4.74 Å². The summed E-state index contributed by atoms with van der Waals surface area (Å²) < 4.78 is 8.34. The van der Waals surface area contributed by atoms with Gasteiger partial charge >= 0.3 is 0 Å². The van der Waals surface area contributed by atoms with Gasteiger partial charge in [-0.05, 0) is 71.8 Å². The molecule has 0 amide bonds. The first-order valence-electron chi connectivity index (χ1n) is 11.3. The van der Waals surface area contributed by atoms with Crippen molar-refractivity contribution < 1.29 is 4.74 Å². The Morgan fingerprint density at radius 3 is 1.32 bits per heavy atom. The first-order chi connectivity index (χ1) is 18.1. The molecular formula is C32H18Br2N2O. The van der Waals surface area contributed by atoms with Gasteiger partial charge in [-0.3, -0.25) is 0 Å². The minimum atomic E-state index is 0.201. The van der Waals surface area contributed by atoms with Crippen molar-refractivity contribution in [1.82, 2.24) is 0 Å². The molecule has 0 aliphatic carbocycles. The monoisotopic (exact) mass is 604 g/mol. The summed E-state index contributed by atoms with van der Waals surface area (Å²) in [6.45, 7) is 0. The van der Waals surface area contributed by atoms with Crippen molar-refractivity contribution in [3.8, 4) is 47.3 Å². The molecule has 0 aliphatic heterocycles. The lowest BCUT2D eigenvalue weighted by Crippen LogP contribution is -1.98. The third-order valence-corrected chi connectivity index (χ3v) is 6.39. The van der Waals surface area contributed by atoms with E-state index in [0.717, 1.165) is 31.2 Å². The van der Waals surface area contributed by atoms with Crippen molar-refractivity contribution in [2.75, 3.05) is 0 Å². The summed E-state index contributed by atoms with van der Waals surface area (Å²) in [5, 5.41) is 18.8. The van der Waals surface area contributed by atoms with Crippen molar-refractivity contribution in [3.63, 3.8) is 0 Å². The van der Waals surface area contributed by atoms with Gasteiger partial charge < -0.3 is 4.74 Å². The van der Waals surface area contributed by atoms with Gasteiger partial charge in [-0.1, -0.05) is 79.8 Å². The molecule has 0 spiro atoms. The van der Waals surface area contributed by atoms with Crippen LogP contribution >= 0.6 is 31.9 Å². The van der Waals surface area contributed by atoms with Crippen LogP contribution in [0.25, 0.3) is 0 Å². The van der Waals surface area contributed by atoms with Crippen molar-refractivity contribution >= 4 is 31.9 Å². The highest BCUT2D eigenvalue weighted by Crippen LogP contribution is 2.31. The van der Waals surface area contributed by atoms with Crippen LogP contribution in [0.3, 0.4) is 0 Å². The molecule has 0 atom stereocenters. The second-order valence-corrected chi connectivity index (χ2v) is 9.70. The molecule has 4 aromatic carbocycles. The van der Waals surface area contributed by atoms with Gasteiger partial charge in [0.1, 0.15) is 11.5 Å². The van der Waals surface area contributed by atoms with E-state index in [1.54, 1.807) is 0 Å². The lowest BCUT2D eigenvalue weighted by Gasteiger charge is -2.13. The van der Waals surface area contributed by atoms with Crippen molar-refractivity contribution in [2.24, 2.45) is 0 Å². The fraction of sp³-hybridized carbons (Fsp3) is 0.0625. The zero-order valence-corrected chi connectivity index (χ0v) is 22.7. The fourth-order valence-corrected chi connectivity index (χ4v) is 4.05. The molecule has 0 saturated heterocycles. The number of ether oxygens (including phenoxy) is 1. The Hall–Kier alpha value is -4.26. The van der Waals surface area contributed by atoms with Crippen molar-refractivity contribution in [1.29, 1.82) is 10.5 Å². The molecule has 176 valence electrons. The minimum absolute atomic E-state index is 0.201. The molecule has 0 radical (unpaired) electrons. The highest BCUT2D eigenvalue weighted by Gasteiger charge is 2.13. The molecule has 0 aromatic heterocycles. The molecule has 0 aliphatic rings. The van der Waals surface area contributed by atoms with E-state index in [-0.39, 0.29) is 12.8 Å². The maximum absolute atomic E-state index is 9.38. The molecule has 0 bridgehead atoms. The van der Waals surface area contributed by atoms with E-state index in [9.17, 15) is 10.5 Å². The van der Waals surface area contributed by atoms with E-state index in [1.165, 1.54) is 0 Å². The molecule has 4 aromatic rings. The highest BCUT2D eigenvalue weighted by molar-refractivity contribution is 9.10. The van der Waals surface area contributed by atoms with Crippen molar-refractivity contribution in [3.05, 3.63) is 127 Å².